The molecule has 36 heavy (non-hydrogen) atoms. The largest absolute Gasteiger partial charge is 0.497 e. The molecule has 8 nitrogen and oxygen atoms in total. The van der Waals surface area contributed by atoms with Crippen LogP contribution in [0, 0.1) is 10.8 Å². The number of nitrogens with zero attached hydrogens (tertiary/aromatic N) is 1. The number of ketones is 1. The average molecular weight is 516 g/mol. The van der Waals surface area contributed by atoms with Gasteiger partial charge in [0.1, 0.15) is 11.5 Å². The minimum absolute atomic E-state index is 0.0479. The van der Waals surface area contributed by atoms with Crippen LogP contribution in [-0.4, -0.2) is 57.9 Å². The molecule has 1 saturated carbocycles. The molecule has 0 aromatic heterocycles. The molecule has 1 aliphatic carbocycles. The first-order valence-electron chi connectivity index (χ1n) is 11.9. The van der Waals surface area contributed by atoms with Crippen molar-refractivity contribution >= 4 is 21.8 Å². The summed E-state index contributed by atoms with van der Waals surface area (Å²) in [5.74, 6) is -0.455. The zero-order valence-electron chi connectivity index (χ0n) is 21.4. The van der Waals surface area contributed by atoms with Crippen molar-refractivity contribution in [2.24, 2.45) is 10.8 Å². The van der Waals surface area contributed by atoms with Gasteiger partial charge in [-0.3, -0.25) is 4.79 Å². The Balaban J connectivity index is 1.49. The maximum atomic E-state index is 13.6. The first-order valence-corrected chi connectivity index (χ1v) is 13.4. The van der Waals surface area contributed by atoms with Crippen molar-refractivity contribution in [1.29, 1.82) is 0 Å². The lowest BCUT2D eigenvalue weighted by Crippen LogP contribution is -2.37. The summed E-state index contributed by atoms with van der Waals surface area (Å²) in [6.07, 6.45) is 2.62. The zero-order chi connectivity index (χ0) is 26.3. The molecule has 9 heteroatoms. The van der Waals surface area contributed by atoms with E-state index in [-0.39, 0.29) is 32.9 Å². The van der Waals surface area contributed by atoms with Crippen molar-refractivity contribution in [3.8, 4) is 11.5 Å². The van der Waals surface area contributed by atoms with E-state index in [0.717, 1.165) is 19.3 Å². The van der Waals surface area contributed by atoms with E-state index in [1.807, 2.05) is 0 Å². The smallest absolute Gasteiger partial charge is 0.338 e. The number of hydrogen-bond acceptors (Lipinski definition) is 7. The van der Waals surface area contributed by atoms with Crippen LogP contribution >= 0.6 is 0 Å². The van der Waals surface area contributed by atoms with Gasteiger partial charge in [-0.25, -0.2) is 13.2 Å². The molecule has 2 bridgehead atoms. The van der Waals surface area contributed by atoms with Gasteiger partial charge in [0.2, 0.25) is 15.8 Å². The predicted molar refractivity (Wildman–Crippen MR) is 134 cm³/mol. The van der Waals surface area contributed by atoms with Crippen molar-refractivity contribution in [2.75, 3.05) is 27.4 Å². The van der Waals surface area contributed by atoms with E-state index in [4.69, 9.17) is 14.2 Å². The molecule has 2 aliphatic rings. The van der Waals surface area contributed by atoms with Gasteiger partial charge in [0.25, 0.3) is 0 Å². The number of sulfonamides is 1. The number of esters is 1. The summed E-state index contributed by atoms with van der Waals surface area (Å²) in [7, 11) is -0.884. The summed E-state index contributed by atoms with van der Waals surface area (Å²) in [5, 5.41) is 0. The zero-order valence-corrected chi connectivity index (χ0v) is 22.2. The van der Waals surface area contributed by atoms with E-state index < -0.39 is 28.4 Å². The van der Waals surface area contributed by atoms with Gasteiger partial charge in [-0.15, -0.1) is 0 Å². The number of fused-ring (bicyclic) bond motifs is 2. The molecular formula is C27H33NO7S. The minimum atomic E-state index is -3.80. The number of rotatable bonds is 8. The van der Waals surface area contributed by atoms with Gasteiger partial charge in [0.05, 0.1) is 30.2 Å². The third-order valence-corrected chi connectivity index (χ3v) is 8.98. The first kappa shape index (κ1) is 26.2. The molecule has 0 radical (unpaired) electrons. The van der Waals surface area contributed by atoms with Crippen molar-refractivity contribution in [3.05, 3.63) is 53.6 Å². The molecule has 0 unspecified atom stereocenters. The fourth-order valence-electron chi connectivity index (χ4n) is 5.93. The van der Waals surface area contributed by atoms with E-state index in [9.17, 15) is 18.0 Å². The fourth-order valence-corrected chi connectivity index (χ4v) is 7.75. The predicted octanol–water partition coefficient (Wildman–Crippen LogP) is 4.33. The number of ether oxygens (including phenoxy) is 3. The van der Waals surface area contributed by atoms with Crippen LogP contribution in [0.4, 0.5) is 0 Å². The summed E-state index contributed by atoms with van der Waals surface area (Å²) in [4.78, 5) is 25.5. The molecule has 2 aromatic rings. The minimum Gasteiger partial charge on any atom is -0.497 e. The Kier molecular flexibility index (Phi) is 6.92. The molecule has 4 rings (SSSR count). The highest BCUT2D eigenvalue weighted by atomic mass is 32.2. The highest BCUT2D eigenvalue weighted by Gasteiger charge is 2.53. The van der Waals surface area contributed by atoms with Gasteiger partial charge in [-0.2, -0.15) is 4.31 Å². The molecule has 1 aliphatic heterocycles. The van der Waals surface area contributed by atoms with Gasteiger partial charge in [-0.1, -0.05) is 26.8 Å². The molecule has 194 valence electrons. The Hall–Kier alpha value is -2.91. The lowest BCUT2D eigenvalue weighted by molar-refractivity contribution is 0.0473. The van der Waals surface area contributed by atoms with E-state index in [1.54, 1.807) is 16.4 Å². The number of carbonyl (C=O) groups is 2. The molecule has 2 atom stereocenters. The first-order chi connectivity index (χ1) is 16.9. The third kappa shape index (κ3) is 5.13. The van der Waals surface area contributed by atoms with Crippen LogP contribution in [0.2, 0.25) is 0 Å². The Bertz CT molecular complexity index is 1290. The summed E-state index contributed by atoms with van der Waals surface area (Å²) < 4.78 is 44.4. The van der Waals surface area contributed by atoms with Crippen molar-refractivity contribution in [3.63, 3.8) is 0 Å². The van der Waals surface area contributed by atoms with Crippen LogP contribution in [0.15, 0.2) is 47.4 Å². The monoisotopic (exact) mass is 515 g/mol. The van der Waals surface area contributed by atoms with E-state index >= 15 is 0 Å². The summed E-state index contributed by atoms with van der Waals surface area (Å²) in [6, 6.07) is 10.5. The highest BCUT2D eigenvalue weighted by molar-refractivity contribution is 7.89. The molecule has 0 amide bonds. The van der Waals surface area contributed by atoms with Gasteiger partial charge in [0.15, 0.2) is 6.61 Å². The lowest BCUT2D eigenvalue weighted by Gasteiger charge is -2.39. The second-order valence-corrected chi connectivity index (χ2v) is 12.7. The Morgan fingerprint density at radius 1 is 1.03 bits per heavy atom. The second-order valence-electron chi connectivity index (χ2n) is 10.9. The summed E-state index contributed by atoms with van der Waals surface area (Å²) in [6.45, 7) is 6.47. The van der Waals surface area contributed by atoms with Crippen LogP contribution in [0.3, 0.4) is 0 Å². The quantitative estimate of drug-likeness (QED) is 0.381. The summed E-state index contributed by atoms with van der Waals surface area (Å²) >= 11 is 0. The summed E-state index contributed by atoms with van der Waals surface area (Å²) in [5.41, 5.74) is 0.302. The van der Waals surface area contributed by atoms with Crippen LogP contribution < -0.4 is 9.47 Å². The maximum Gasteiger partial charge on any atom is 0.338 e. The number of Topliss-reactive ketones (excluding diaryl/α,β-unsaturated/α-hetero) is 1. The standard InChI is InChI=1S/C27H33NO7S/c1-26(2)13-19-14-27(3,16-26)17-28(19)36(31,32)21-8-6-7-18(11-21)25(30)35-15-23(29)22-12-20(33-4)9-10-24(22)34-5/h6-12,19H,13-17H2,1-5H3/t19-,27+/m0/s1. The van der Waals surface area contributed by atoms with Gasteiger partial charge >= 0.3 is 5.97 Å². The Labute approximate surface area is 212 Å². The molecule has 2 fully saturated rings. The number of methoxy groups -OCH3 is 2. The number of benzene rings is 2. The normalized spacial score (nSPS) is 23.2. The molecule has 1 saturated heterocycles. The van der Waals surface area contributed by atoms with Gasteiger partial charge < -0.3 is 14.2 Å². The van der Waals surface area contributed by atoms with Gasteiger partial charge in [0, 0.05) is 12.6 Å². The molecule has 0 spiro atoms. The second kappa shape index (κ2) is 9.52. The van der Waals surface area contributed by atoms with Crippen molar-refractivity contribution in [1.82, 2.24) is 4.31 Å². The highest BCUT2D eigenvalue weighted by Crippen LogP contribution is 2.53. The SMILES string of the molecule is COc1ccc(OC)c(C(=O)COC(=O)c2cccc(S(=O)(=O)N3C[C@]4(C)C[C@@H]3CC(C)(C)C4)c2)c1. The van der Waals surface area contributed by atoms with E-state index in [1.165, 1.54) is 44.6 Å². The maximum absolute atomic E-state index is 13.6. The molecular weight excluding hydrogens is 482 g/mol. The Morgan fingerprint density at radius 3 is 2.47 bits per heavy atom. The number of carbonyl (C=O) groups excluding carboxylic acids is 2. The van der Waals surface area contributed by atoms with Crippen molar-refractivity contribution < 1.29 is 32.2 Å². The van der Waals surface area contributed by atoms with E-state index in [2.05, 4.69) is 20.8 Å². The van der Waals surface area contributed by atoms with Crippen molar-refractivity contribution in [2.45, 2.75) is 51.0 Å². The molecule has 2 aromatic carbocycles. The molecule has 1 heterocycles. The average Bonchev–Trinajstić information content (AvgIpc) is 3.10. The van der Waals surface area contributed by atoms with Crippen LogP contribution in [0.25, 0.3) is 0 Å². The molecule has 0 N–H and O–H groups in total. The van der Waals surface area contributed by atoms with Crippen LogP contribution in [0.5, 0.6) is 11.5 Å². The van der Waals surface area contributed by atoms with Crippen LogP contribution in [-0.2, 0) is 14.8 Å². The van der Waals surface area contributed by atoms with Gasteiger partial charge in [-0.05, 0) is 66.5 Å². The Morgan fingerprint density at radius 2 is 1.78 bits per heavy atom. The van der Waals surface area contributed by atoms with E-state index in [0.29, 0.717) is 18.0 Å². The topological polar surface area (TPSA) is 99.2 Å². The van der Waals surface area contributed by atoms with Crippen LogP contribution in [0.1, 0.15) is 60.7 Å². The lowest BCUT2D eigenvalue weighted by atomic mass is 9.65. The number of hydrogen-bond donors (Lipinski definition) is 0. The third-order valence-electron chi connectivity index (χ3n) is 7.08. The fraction of sp³-hybridized carbons (Fsp3) is 0.481.